The molecule has 100 valence electrons. The molecule has 2 heteroatoms. The van der Waals surface area contributed by atoms with Crippen molar-refractivity contribution >= 4 is 11.8 Å². The van der Waals surface area contributed by atoms with Crippen LogP contribution in [0.3, 0.4) is 0 Å². The van der Waals surface area contributed by atoms with E-state index in [1.165, 1.54) is 11.3 Å². The van der Waals surface area contributed by atoms with Crippen molar-refractivity contribution in [2.24, 2.45) is 0 Å². The first-order valence-electron chi connectivity index (χ1n) is 6.77. The zero-order valence-electron chi connectivity index (χ0n) is 12.0. The molecule has 1 aromatic rings. The second-order valence-electron chi connectivity index (χ2n) is 4.89. The van der Waals surface area contributed by atoms with Crippen LogP contribution in [-0.4, -0.2) is 31.6 Å². The minimum atomic E-state index is 0.364. The summed E-state index contributed by atoms with van der Waals surface area (Å²) in [6, 6.07) is 8.97. The molecule has 1 atom stereocenters. The lowest BCUT2D eigenvalue weighted by Crippen LogP contribution is -2.28. The van der Waals surface area contributed by atoms with Gasteiger partial charge in [0.05, 0.1) is 6.04 Å². The molecule has 0 spiro atoms. The van der Waals surface area contributed by atoms with Crippen LogP contribution in [-0.2, 0) is 0 Å². The van der Waals surface area contributed by atoms with Gasteiger partial charge in [0.25, 0.3) is 0 Å². The number of rotatable bonds is 4. The highest BCUT2D eigenvalue weighted by molar-refractivity contribution is 5.56. The van der Waals surface area contributed by atoms with E-state index in [1.807, 2.05) is 0 Å². The maximum absolute atomic E-state index is 2.31. The first-order valence-corrected chi connectivity index (χ1v) is 6.77. The van der Waals surface area contributed by atoms with Gasteiger partial charge in [0.15, 0.2) is 0 Å². The number of hydrogen-bond acceptors (Lipinski definition) is 2. The molecule has 2 nitrogen and oxygen atoms in total. The van der Waals surface area contributed by atoms with Crippen LogP contribution < -0.4 is 4.90 Å². The molecular weight excluding hydrogens is 232 g/mol. The number of hydrogen-bond donors (Lipinski definition) is 0. The van der Waals surface area contributed by atoms with E-state index >= 15 is 0 Å². The van der Waals surface area contributed by atoms with Crippen LogP contribution in [0.15, 0.2) is 54.8 Å². The molecule has 1 aliphatic heterocycles. The topological polar surface area (TPSA) is 6.48 Å². The van der Waals surface area contributed by atoms with Gasteiger partial charge in [0.2, 0.25) is 0 Å². The fourth-order valence-corrected chi connectivity index (χ4v) is 2.13. The Hall–Kier alpha value is -1.96. The van der Waals surface area contributed by atoms with Gasteiger partial charge in [-0.3, -0.25) is 0 Å². The first-order chi connectivity index (χ1) is 9.20. The Balaban J connectivity index is 2.05. The Morgan fingerprint density at radius 3 is 2.53 bits per heavy atom. The highest BCUT2D eigenvalue weighted by atomic mass is 15.1. The Morgan fingerprint density at radius 1 is 1.16 bits per heavy atom. The van der Waals surface area contributed by atoms with Crippen molar-refractivity contribution in [3.63, 3.8) is 0 Å². The van der Waals surface area contributed by atoms with E-state index in [9.17, 15) is 0 Å². The maximum Gasteiger partial charge on any atom is 0.0657 e. The summed E-state index contributed by atoms with van der Waals surface area (Å²) in [7, 11) is 4.12. The predicted octanol–water partition coefficient (Wildman–Crippen LogP) is 3.54. The SMILES string of the molecule is CCN1C=CC=CC1C=Cc1ccc(N(C)C)cc1. The third-order valence-corrected chi connectivity index (χ3v) is 3.34. The lowest BCUT2D eigenvalue weighted by Gasteiger charge is -2.26. The van der Waals surface area contributed by atoms with Gasteiger partial charge in [-0.2, -0.15) is 0 Å². The quantitative estimate of drug-likeness (QED) is 0.811. The molecule has 0 amide bonds. The summed E-state index contributed by atoms with van der Waals surface area (Å²) in [6.07, 6.45) is 13.0. The van der Waals surface area contributed by atoms with Gasteiger partial charge < -0.3 is 9.80 Å². The normalized spacial score (nSPS) is 18.3. The first kappa shape index (κ1) is 13.5. The summed E-state index contributed by atoms with van der Waals surface area (Å²) in [5.41, 5.74) is 2.47. The van der Waals surface area contributed by atoms with Crippen LogP contribution in [0.2, 0.25) is 0 Å². The molecule has 0 fully saturated rings. The summed E-state index contributed by atoms with van der Waals surface area (Å²) in [5.74, 6) is 0. The number of allylic oxidation sites excluding steroid dienone is 2. The van der Waals surface area contributed by atoms with E-state index in [0.29, 0.717) is 6.04 Å². The zero-order valence-corrected chi connectivity index (χ0v) is 12.0. The molecule has 0 saturated heterocycles. The van der Waals surface area contributed by atoms with Crippen LogP contribution in [0, 0.1) is 0 Å². The van der Waals surface area contributed by atoms with Gasteiger partial charge >= 0.3 is 0 Å². The Kier molecular flexibility index (Phi) is 4.45. The second-order valence-corrected chi connectivity index (χ2v) is 4.89. The van der Waals surface area contributed by atoms with E-state index in [1.54, 1.807) is 0 Å². The fourth-order valence-electron chi connectivity index (χ4n) is 2.13. The molecule has 1 heterocycles. The van der Waals surface area contributed by atoms with Crippen molar-refractivity contribution < 1.29 is 0 Å². The summed E-state index contributed by atoms with van der Waals surface area (Å²) < 4.78 is 0. The average Bonchev–Trinajstić information content (AvgIpc) is 2.45. The molecule has 1 unspecified atom stereocenters. The Morgan fingerprint density at radius 2 is 1.89 bits per heavy atom. The number of benzene rings is 1. The number of likely N-dealkylation sites (N-methyl/N-ethyl adjacent to an activating group) is 1. The molecule has 0 saturated carbocycles. The molecule has 19 heavy (non-hydrogen) atoms. The van der Waals surface area contributed by atoms with E-state index in [2.05, 4.69) is 91.7 Å². The zero-order chi connectivity index (χ0) is 13.7. The lowest BCUT2D eigenvalue weighted by molar-refractivity contribution is 0.376. The predicted molar refractivity (Wildman–Crippen MR) is 84.3 cm³/mol. The molecule has 0 aromatic heterocycles. The molecule has 0 aliphatic carbocycles. The van der Waals surface area contributed by atoms with Crippen LogP contribution in [0.4, 0.5) is 5.69 Å². The fraction of sp³-hybridized carbons (Fsp3) is 0.294. The Labute approximate surface area is 116 Å². The van der Waals surface area contributed by atoms with Crippen molar-refractivity contribution in [2.45, 2.75) is 13.0 Å². The maximum atomic E-state index is 2.31. The molecule has 1 aromatic carbocycles. The highest BCUT2D eigenvalue weighted by Crippen LogP contribution is 2.15. The lowest BCUT2D eigenvalue weighted by atomic mass is 10.1. The Bertz CT molecular complexity index is 480. The minimum Gasteiger partial charge on any atom is -0.378 e. The van der Waals surface area contributed by atoms with Gasteiger partial charge in [-0.25, -0.2) is 0 Å². The van der Waals surface area contributed by atoms with Crippen LogP contribution in [0.5, 0.6) is 0 Å². The van der Waals surface area contributed by atoms with Gasteiger partial charge in [-0.15, -0.1) is 0 Å². The van der Waals surface area contributed by atoms with E-state index in [0.717, 1.165) is 6.54 Å². The summed E-state index contributed by atoms with van der Waals surface area (Å²) in [4.78, 5) is 4.42. The monoisotopic (exact) mass is 254 g/mol. The van der Waals surface area contributed by atoms with Crippen LogP contribution in [0.1, 0.15) is 12.5 Å². The molecular formula is C17H22N2. The molecule has 1 aliphatic rings. The number of nitrogens with zero attached hydrogens (tertiary/aromatic N) is 2. The minimum absolute atomic E-state index is 0.364. The summed E-state index contributed by atoms with van der Waals surface area (Å²) in [6.45, 7) is 3.20. The van der Waals surface area contributed by atoms with Gasteiger partial charge in [-0.1, -0.05) is 36.4 Å². The van der Waals surface area contributed by atoms with Crippen molar-refractivity contribution in [1.29, 1.82) is 0 Å². The third kappa shape index (κ3) is 3.50. The summed E-state index contributed by atoms with van der Waals surface area (Å²) >= 11 is 0. The van der Waals surface area contributed by atoms with E-state index < -0.39 is 0 Å². The standard InChI is InChI=1S/C17H22N2/c1-4-19-14-6-5-7-17(19)13-10-15-8-11-16(12-9-15)18(2)3/h5-14,17H,4H2,1-3H3. The third-order valence-electron chi connectivity index (χ3n) is 3.34. The second kappa shape index (κ2) is 6.28. The largest absolute Gasteiger partial charge is 0.378 e. The average molecular weight is 254 g/mol. The molecule has 0 radical (unpaired) electrons. The van der Waals surface area contributed by atoms with Crippen molar-refractivity contribution in [3.05, 3.63) is 60.3 Å². The number of anilines is 1. The smallest absolute Gasteiger partial charge is 0.0657 e. The van der Waals surface area contributed by atoms with Crippen LogP contribution in [0.25, 0.3) is 6.08 Å². The van der Waals surface area contributed by atoms with Crippen LogP contribution >= 0.6 is 0 Å². The van der Waals surface area contributed by atoms with Crippen molar-refractivity contribution in [1.82, 2.24) is 4.90 Å². The van der Waals surface area contributed by atoms with Crippen molar-refractivity contribution in [2.75, 3.05) is 25.5 Å². The van der Waals surface area contributed by atoms with Gasteiger partial charge in [-0.05, 0) is 36.9 Å². The van der Waals surface area contributed by atoms with Gasteiger partial charge in [0, 0.05) is 26.3 Å². The van der Waals surface area contributed by atoms with E-state index in [4.69, 9.17) is 0 Å². The van der Waals surface area contributed by atoms with E-state index in [-0.39, 0.29) is 0 Å². The molecule has 0 N–H and O–H groups in total. The summed E-state index contributed by atoms with van der Waals surface area (Å²) in [5, 5.41) is 0. The highest BCUT2D eigenvalue weighted by Gasteiger charge is 2.08. The molecule has 0 bridgehead atoms. The molecule has 2 rings (SSSR count). The van der Waals surface area contributed by atoms with Gasteiger partial charge in [0.1, 0.15) is 0 Å². The van der Waals surface area contributed by atoms with Crippen molar-refractivity contribution in [3.8, 4) is 0 Å².